The molecular weight excluding hydrogens is 681 g/mol. The third-order valence-electron chi connectivity index (χ3n) is 8.39. The van der Waals surface area contributed by atoms with Gasteiger partial charge in [0.25, 0.3) is 0 Å². The van der Waals surface area contributed by atoms with Crippen molar-refractivity contribution in [1.82, 2.24) is 25.1 Å². The van der Waals surface area contributed by atoms with Crippen LogP contribution < -0.4 is 10.2 Å². The number of carbonyl (C=O) groups is 3. The van der Waals surface area contributed by atoms with Crippen molar-refractivity contribution < 1.29 is 28.6 Å². The van der Waals surface area contributed by atoms with Gasteiger partial charge in [-0.2, -0.15) is 0 Å². The number of aromatic nitrogens is 2. The first-order valence-corrected chi connectivity index (χ1v) is 16.9. The molecule has 2 atom stereocenters. The number of urea groups is 1. The normalized spacial score (nSPS) is 19.6. The summed E-state index contributed by atoms with van der Waals surface area (Å²) in [5, 5.41) is 17.5. The smallest absolute Gasteiger partial charge is 0.338 e. The van der Waals surface area contributed by atoms with Crippen molar-refractivity contribution in [2.45, 2.75) is 12.1 Å². The number of carboxylic acids is 1. The molecule has 3 aliphatic heterocycles. The monoisotopic (exact) mass is 707 g/mol. The number of esters is 1. The highest BCUT2D eigenvalue weighted by atomic mass is 35.5. The Hall–Kier alpha value is -4.70. The summed E-state index contributed by atoms with van der Waals surface area (Å²) in [4.78, 5) is 57.6. The Bertz CT molecular complexity index is 1970. The lowest BCUT2D eigenvalue weighted by Crippen LogP contribution is -2.53. The van der Waals surface area contributed by atoms with Gasteiger partial charge in [-0.1, -0.05) is 29.8 Å². The first kappa shape index (κ1) is 31.9. The van der Waals surface area contributed by atoms with E-state index in [1.165, 1.54) is 60.1 Å². The molecule has 48 heavy (non-hydrogen) atoms. The standard InChI is InChI=1S/C32H27ClFN7O5S2/c1-46-30(44)25-23(36-27(28-35-8-11-47-28)38-26(25)21-7-6-19(34)12-22(21)33)15-39-9-10-40-20(13-39)14-41(32(40)45)31-37-24(16-48-31)17-2-4-18(5-3-17)29(42)43/h2-8,11-12,16,20,26H,9-10,13-15H2,1H3,(H,36,38)(H,42,43)/t20-,26-/m0/s1. The second-order valence-corrected chi connectivity index (χ2v) is 13.4. The molecule has 5 heterocycles. The summed E-state index contributed by atoms with van der Waals surface area (Å²) < 4.78 is 19.2. The number of carboxylic acid groups (broad SMARTS) is 1. The number of methoxy groups -OCH3 is 1. The van der Waals surface area contributed by atoms with Gasteiger partial charge >= 0.3 is 18.0 Å². The molecule has 0 saturated carbocycles. The number of hydrogen-bond donors (Lipinski definition) is 2. The van der Waals surface area contributed by atoms with Crippen LogP contribution in [-0.4, -0.2) is 94.6 Å². The molecule has 0 aliphatic carbocycles. The summed E-state index contributed by atoms with van der Waals surface area (Å²) in [6.45, 7) is 2.28. The molecule has 2 amide bonds. The maximum atomic E-state index is 14.0. The SMILES string of the molecule is COC(=O)C1=C(CN2CCN3C(=O)N(c4nc(-c5ccc(C(=O)O)cc5)cs4)C[C@@H]3C2)NC(c2nccs2)=N[C@H]1c1ccc(F)cc1Cl. The highest BCUT2D eigenvalue weighted by molar-refractivity contribution is 7.14. The van der Waals surface area contributed by atoms with Gasteiger partial charge in [0.15, 0.2) is 16.0 Å². The molecule has 2 N–H and O–H groups in total. The molecule has 2 aromatic heterocycles. The van der Waals surface area contributed by atoms with E-state index in [1.807, 2.05) is 15.7 Å². The molecule has 2 saturated heterocycles. The summed E-state index contributed by atoms with van der Waals surface area (Å²) in [6.07, 6.45) is 1.66. The zero-order valence-corrected chi connectivity index (χ0v) is 27.7. The first-order chi connectivity index (χ1) is 23.2. The van der Waals surface area contributed by atoms with Crippen LogP contribution in [0.3, 0.4) is 0 Å². The molecule has 0 unspecified atom stereocenters. The first-order valence-electron chi connectivity index (χ1n) is 14.8. The van der Waals surface area contributed by atoms with Crippen molar-refractivity contribution in [2.24, 2.45) is 4.99 Å². The molecule has 4 aromatic rings. The molecule has 0 spiro atoms. The van der Waals surface area contributed by atoms with Crippen LogP contribution in [0.15, 0.2) is 75.7 Å². The lowest BCUT2D eigenvalue weighted by molar-refractivity contribution is -0.136. The quantitative estimate of drug-likeness (QED) is 0.245. The molecule has 16 heteroatoms. The number of nitrogens with one attached hydrogen (secondary N) is 1. The number of amides is 2. The van der Waals surface area contributed by atoms with Crippen LogP contribution in [-0.2, 0) is 9.53 Å². The van der Waals surface area contributed by atoms with Crippen LogP contribution >= 0.6 is 34.3 Å². The van der Waals surface area contributed by atoms with E-state index in [0.717, 1.165) is 5.56 Å². The highest BCUT2D eigenvalue weighted by Gasteiger charge is 2.43. The summed E-state index contributed by atoms with van der Waals surface area (Å²) in [6, 6.07) is 9.30. The zero-order chi connectivity index (χ0) is 33.5. The van der Waals surface area contributed by atoms with Gasteiger partial charge in [0.05, 0.1) is 36.5 Å². The predicted molar refractivity (Wildman–Crippen MR) is 179 cm³/mol. The van der Waals surface area contributed by atoms with Gasteiger partial charge in [-0.3, -0.25) is 14.8 Å². The summed E-state index contributed by atoms with van der Waals surface area (Å²) >= 11 is 9.22. The summed E-state index contributed by atoms with van der Waals surface area (Å²) in [5.74, 6) is -1.65. The van der Waals surface area contributed by atoms with Gasteiger partial charge in [0.1, 0.15) is 11.9 Å². The Morgan fingerprint density at radius 3 is 2.67 bits per heavy atom. The second kappa shape index (κ2) is 13.1. The van der Waals surface area contributed by atoms with E-state index in [-0.39, 0.29) is 28.2 Å². The fraction of sp³-hybridized carbons (Fsp3) is 0.250. The number of fused-ring (bicyclic) bond motifs is 1. The number of aromatic carboxylic acids is 1. The van der Waals surface area contributed by atoms with E-state index >= 15 is 0 Å². The Morgan fingerprint density at radius 2 is 1.96 bits per heavy atom. The van der Waals surface area contributed by atoms with E-state index in [9.17, 15) is 23.9 Å². The molecule has 3 aliphatic rings. The van der Waals surface area contributed by atoms with E-state index in [1.54, 1.807) is 23.2 Å². The molecular formula is C32H27ClFN7O5S2. The Morgan fingerprint density at radius 1 is 1.15 bits per heavy atom. The van der Waals surface area contributed by atoms with E-state index in [2.05, 4.69) is 15.2 Å². The highest BCUT2D eigenvalue weighted by Crippen LogP contribution is 2.37. The maximum absolute atomic E-state index is 14.0. The fourth-order valence-corrected chi connectivity index (χ4v) is 7.77. The van der Waals surface area contributed by atoms with Crippen LogP contribution in [0.5, 0.6) is 0 Å². The van der Waals surface area contributed by atoms with Gasteiger partial charge in [-0.25, -0.2) is 28.7 Å². The van der Waals surface area contributed by atoms with Crippen molar-refractivity contribution in [3.63, 3.8) is 0 Å². The van der Waals surface area contributed by atoms with Crippen LogP contribution in [0, 0.1) is 5.82 Å². The Kier molecular flexibility index (Phi) is 8.68. The van der Waals surface area contributed by atoms with Crippen molar-refractivity contribution in [3.8, 4) is 11.3 Å². The molecule has 246 valence electrons. The minimum Gasteiger partial charge on any atom is -0.478 e. The largest absolute Gasteiger partial charge is 0.478 e. The molecule has 7 rings (SSSR count). The van der Waals surface area contributed by atoms with E-state index in [4.69, 9.17) is 26.3 Å². The number of ether oxygens (including phenoxy) is 1. The molecule has 12 nitrogen and oxygen atoms in total. The minimum atomic E-state index is -1.00. The number of thiazole rings is 2. The van der Waals surface area contributed by atoms with Gasteiger partial charge in [-0.05, 0) is 24.3 Å². The lowest BCUT2D eigenvalue weighted by atomic mass is 9.95. The van der Waals surface area contributed by atoms with Gasteiger partial charge in [0.2, 0.25) is 0 Å². The average Bonchev–Trinajstić information content (AvgIpc) is 3.85. The molecule has 0 bridgehead atoms. The number of hydrogen-bond acceptors (Lipinski definition) is 11. The van der Waals surface area contributed by atoms with Gasteiger partial charge in [-0.15, -0.1) is 22.7 Å². The zero-order valence-electron chi connectivity index (χ0n) is 25.3. The number of halogens is 2. The molecule has 2 fully saturated rings. The number of rotatable bonds is 8. The van der Waals surface area contributed by atoms with Crippen LogP contribution in [0.4, 0.5) is 14.3 Å². The van der Waals surface area contributed by atoms with Crippen LogP contribution in [0.2, 0.25) is 5.02 Å². The maximum Gasteiger partial charge on any atom is 0.338 e. The third kappa shape index (κ3) is 6.05. The predicted octanol–water partition coefficient (Wildman–Crippen LogP) is 4.90. The van der Waals surface area contributed by atoms with E-state index in [0.29, 0.717) is 65.7 Å². The van der Waals surface area contributed by atoms with Crippen molar-refractivity contribution >= 4 is 63.2 Å². The fourth-order valence-electron chi connectivity index (χ4n) is 6.07. The second-order valence-electron chi connectivity index (χ2n) is 11.3. The van der Waals surface area contributed by atoms with Crippen molar-refractivity contribution in [2.75, 3.05) is 44.7 Å². The number of carbonyl (C=O) groups excluding carboxylic acids is 2. The van der Waals surface area contributed by atoms with Gasteiger partial charge < -0.3 is 20.1 Å². The lowest BCUT2D eigenvalue weighted by Gasteiger charge is -2.38. The summed E-state index contributed by atoms with van der Waals surface area (Å²) in [7, 11) is 1.29. The number of piperazine rings is 1. The number of aliphatic imine (C=N–C) groups is 1. The number of benzene rings is 2. The molecule has 0 radical (unpaired) electrons. The molecule has 2 aromatic carbocycles. The Labute approximate surface area is 286 Å². The van der Waals surface area contributed by atoms with Crippen molar-refractivity contribution in [3.05, 3.63) is 97.7 Å². The number of nitrogens with zero attached hydrogens (tertiary/aromatic N) is 6. The summed E-state index contributed by atoms with van der Waals surface area (Å²) in [5.41, 5.74) is 2.86. The van der Waals surface area contributed by atoms with Crippen LogP contribution in [0.25, 0.3) is 11.3 Å². The number of anilines is 1. The van der Waals surface area contributed by atoms with Crippen LogP contribution in [0.1, 0.15) is 27.0 Å². The van der Waals surface area contributed by atoms with Gasteiger partial charge in [0, 0.05) is 65.0 Å². The average molecular weight is 708 g/mol. The third-order valence-corrected chi connectivity index (χ3v) is 10.4. The topological polar surface area (TPSA) is 141 Å². The van der Waals surface area contributed by atoms with E-state index < -0.39 is 23.8 Å². The van der Waals surface area contributed by atoms with Crippen molar-refractivity contribution in [1.29, 1.82) is 0 Å². The Balaban J connectivity index is 1.13. The minimum absolute atomic E-state index is 0.128. The number of amidine groups is 1.